The van der Waals surface area contributed by atoms with Gasteiger partial charge >= 0.3 is 0 Å². The van der Waals surface area contributed by atoms with Gasteiger partial charge in [-0.1, -0.05) is 13.8 Å². The monoisotopic (exact) mass is 155 g/mol. The summed E-state index contributed by atoms with van der Waals surface area (Å²) < 4.78 is 5.19. The van der Waals surface area contributed by atoms with Crippen molar-refractivity contribution in [2.75, 3.05) is 20.3 Å². The molecular weight excluding hydrogens is 138 g/mol. The first-order valence-corrected chi connectivity index (χ1v) is 4.51. The maximum atomic E-state index is 5.19. The van der Waals surface area contributed by atoms with E-state index < -0.39 is 0 Å². The lowest BCUT2D eigenvalue weighted by atomic mass is 9.97. The first-order chi connectivity index (χ1) is 5.22. The zero-order valence-corrected chi connectivity index (χ0v) is 7.58. The van der Waals surface area contributed by atoms with Crippen molar-refractivity contribution in [2.24, 2.45) is 11.8 Å². The highest BCUT2D eigenvalue weighted by molar-refractivity contribution is 5.06. The first kappa shape index (κ1) is 7.56. The quantitative estimate of drug-likeness (QED) is 0.551. The van der Waals surface area contributed by atoms with Crippen molar-refractivity contribution >= 4 is 0 Å². The molecule has 2 rings (SSSR count). The highest BCUT2D eigenvalue weighted by Crippen LogP contribution is 2.39. The van der Waals surface area contributed by atoms with E-state index >= 15 is 0 Å². The molecular formula is C9H17NO. The van der Waals surface area contributed by atoms with Crippen molar-refractivity contribution in [3.8, 4) is 0 Å². The molecule has 0 spiro atoms. The Morgan fingerprint density at radius 1 is 1.36 bits per heavy atom. The van der Waals surface area contributed by atoms with E-state index in [2.05, 4.69) is 25.8 Å². The van der Waals surface area contributed by atoms with Gasteiger partial charge in [0.05, 0.1) is 13.2 Å². The molecule has 3 atom stereocenters. The van der Waals surface area contributed by atoms with Crippen molar-refractivity contribution in [1.82, 2.24) is 4.90 Å². The summed E-state index contributed by atoms with van der Waals surface area (Å²) in [4.78, 5) is 2.48. The second-order valence-corrected chi connectivity index (χ2v) is 4.19. The van der Waals surface area contributed by atoms with Crippen molar-refractivity contribution < 1.29 is 4.74 Å². The van der Waals surface area contributed by atoms with Gasteiger partial charge in [0, 0.05) is 18.0 Å². The van der Waals surface area contributed by atoms with E-state index in [1.54, 1.807) is 0 Å². The van der Waals surface area contributed by atoms with Crippen molar-refractivity contribution in [1.29, 1.82) is 0 Å². The zero-order chi connectivity index (χ0) is 8.01. The Balaban J connectivity index is 1.88. The SMILES string of the molecule is CC(C)[C@@H]1[C@H](C2COC2)N1C. The lowest BCUT2D eigenvalue weighted by Crippen LogP contribution is -2.34. The van der Waals surface area contributed by atoms with Gasteiger partial charge in [0.25, 0.3) is 0 Å². The third-order valence-electron chi connectivity index (χ3n) is 3.03. The molecule has 11 heavy (non-hydrogen) atoms. The molecule has 2 nitrogen and oxygen atoms in total. The largest absolute Gasteiger partial charge is 0.381 e. The van der Waals surface area contributed by atoms with Crippen LogP contribution in [-0.4, -0.2) is 37.2 Å². The van der Waals surface area contributed by atoms with Crippen LogP contribution < -0.4 is 0 Å². The van der Waals surface area contributed by atoms with Gasteiger partial charge in [-0.15, -0.1) is 0 Å². The van der Waals surface area contributed by atoms with E-state index in [9.17, 15) is 0 Å². The Morgan fingerprint density at radius 2 is 2.00 bits per heavy atom. The Kier molecular flexibility index (Phi) is 1.69. The molecule has 0 aliphatic carbocycles. The van der Waals surface area contributed by atoms with Crippen LogP contribution in [0.4, 0.5) is 0 Å². The molecule has 2 aliphatic rings. The fraction of sp³-hybridized carbons (Fsp3) is 1.00. The van der Waals surface area contributed by atoms with Gasteiger partial charge < -0.3 is 4.74 Å². The van der Waals surface area contributed by atoms with Crippen LogP contribution in [0.1, 0.15) is 13.8 Å². The highest BCUT2D eigenvalue weighted by Gasteiger charge is 2.52. The van der Waals surface area contributed by atoms with Crippen LogP contribution in [0.5, 0.6) is 0 Å². The van der Waals surface area contributed by atoms with Gasteiger partial charge in [-0.3, -0.25) is 4.90 Å². The van der Waals surface area contributed by atoms with Crippen molar-refractivity contribution in [3.05, 3.63) is 0 Å². The molecule has 2 saturated heterocycles. The summed E-state index contributed by atoms with van der Waals surface area (Å²) in [7, 11) is 2.23. The number of hydrogen-bond donors (Lipinski definition) is 0. The van der Waals surface area contributed by atoms with Crippen LogP contribution in [-0.2, 0) is 4.74 Å². The molecule has 2 heterocycles. The molecule has 64 valence electrons. The zero-order valence-electron chi connectivity index (χ0n) is 7.58. The highest BCUT2D eigenvalue weighted by atomic mass is 16.5. The van der Waals surface area contributed by atoms with E-state index in [1.165, 1.54) is 0 Å². The fourth-order valence-electron chi connectivity index (χ4n) is 2.31. The number of ether oxygens (including phenoxy) is 1. The Labute approximate surface area is 68.5 Å². The number of rotatable bonds is 2. The van der Waals surface area contributed by atoms with Crippen LogP contribution in [0.25, 0.3) is 0 Å². The summed E-state index contributed by atoms with van der Waals surface area (Å²) in [5.41, 5.74) is 0. The van der Waals surface area contributed by atoms with Crippen LogP contribution in [0.15, 0.2) is 0 Å². The average molecular weight is 155 g/mol. The van der Waals surface area contributed by atoms with Gasteiger partial charge in [-0.25, -0.2) is 0 Å². The molecule has 1 unspecified atom stereocenters. The minimum atomic E-state index is 0.811. The van der Waals surface area contributed by atoms with E-state index in [0.717, 1.165) is 37.1 Å². The predicted octanol–water partition coefficient (Wildman–Crippen LogP) is 0.971. The minimum absolute atomic E-state index is 0.811. The Bertz CT molecular complexity index is 154. The third kappa shape index (κ3) is 1.09. The molecule has 0 N–H and O–H groups in total. The minimum Gasteiger partial charge on any atom is -0.381 e. The number of likely N-dealkylation sites (N-methyl/N-ethyl adjacent to an activating group) is 1. The molecule has 2 aliphatic heterocycles. The normalized spacial score (nSPS) is 44.2. The molecule has 2 fully saturated rings. The van der Waals surface area contributed by atoms with Gasteiger partial charge in [0.15, 0.2) is 0 Å². The summed E-state index contributed by atoms with van der Waals surface area (Å²) in [6.45, 7) is 6.61. The lowest BCUT2D eigenvalue weighted by molar-refractivity contribution is -0.0372. The standard InChI is InChI=1S/C9H17NO/c1-6(2)8-9(10(8)3)7-4-11-5-7/h6-9H,4-5H2,1-3H3/t8-,9+,10?/m1/s1. The molecule has 0 saturated carbocycles. The van der Waals surface area contributed by atoms with Gasteiger partial charge in [0.1, 0.15) is 0 Å². The van der Waals surface area contributed by atoms with E-state index in [0.29, 0.717) is 0 Å². The molecule has 0 aromatic heterocycles. The summed E-state index contributed by atoms with van der Waals surface area (Å²) >= 11 is 0. The molecule has 0 aromatic rings. The maximum absolute atomic E-state index is 5.19. The fourth-order valence-corrected chi connectivity index (χ4v) is 2.31. The maximum Gasteiger partial charge on any atom is 0.0532 e. The molecule has 0 radical (unpaired) electrons. The summed E-state index contributed by atoms with van der Waals surface area (Å²) in [5, 5.41) is 0. The summed E-state index contributed by atoms with van der Waals surface area (Å²) in [6.07, 6.45) is 0. The van der Waals surface area contributed by atoms with Gasteiger partial charge in [-0.2, -0.15) is 0 Å². The number of hydrogen-bond acceptors (Lipinski definition) is 2. The Hall–Kier alpha value is -0.0800. The summed E-state index contributed by atoms with van der Waals surface area (Å²) in [6, 6.07) is 1.67. The second kappa shape index (κ2) is 2.46. The lowest BCUT2D eigenvalue weighted by Gasteiger charge is -2.25. The van der Waals surface area contributed by atoms with Crippen LogP contribution >= 0.6 is 0 Å². The van der Waals surface area contributed by atoms with E-state index in [-0.39, 0.29) is 0 Å². The van der Waals surface area contributed by atoms with Gasteiger partial charge in [-0.05, 0) is 13.0 Å². The van der Waals surface area contributed by atoms with Crippen LogP contribution in [0.2, 0.25) is 0 Å². The number of nitrogens with zero attached hydrogens (tertiary/aromatic N) is 1. The topological polar surface area (TPSA) is 12.2 Å². The molecule has 0 amide bonds. The molecule has 2 heteroatoms. The van der Waals surface area contributed by atoms with E-state index in [4.69, 9.17) is 4.74 Å². The van der Waals surface area contributed by atoms with Crippen molar-refractivity contribution in [2.45, 2.75) is 25.9 Å². The molecule has 0 bridgehead atoms. The van der Waals surface area contributed by atoms with Gasteiger partial charge in [0.2, 0.25) is 0 Å². The average Bonchev–Trinajstić information content (AvgIpc) is 2.37. The molecule has 0 aromatic carbocycles. The first-order valence-electron chi connectivity index (χ1n) is 4.51. The second-order valence-electron chi connectivity index (χ2n) is 4.19. The van der Waals surface area contributed by atoms with Crippen LogP contribution in [0.3, 0.4) is 0 Å². The van der Waals surface area contributed by atoms with Crippen LogP contribution in [0, 0.1) is 11.8 Å². The third-order valence-corrected chi connectivity index (χ3v) is 3.03. The van der Waals surface area contributed by atoms with Crippen molar-refractivity contribution in [3.63, 3.8) is 0 Å². The smallest absolute Gasteiger partial charge is 0.0532 e. The van der Waals surface area contributed by atoms with E-state index in [1.807, 2.05) is 0 Å². The summed E-state index contributed by atoms with van der Waals surface area (Å²) in [5.74, 6) is 1.65. The predicted molar refractivity (Wildman–Crippen MR) is 44.5 cm³/mol. The Morgan fingerprint density at radius 3 is 2.27 bits per heavy atom.